The SMILES string of the molecule is O=C1C(=O)N(CN2CCN(C(=O)c3cccs3)CC2)c2ccc(Cl)cc21. The average molecular weight is 390 g/mol. The van der Waals surface area contributed by atoms with Crippen molar-refractivity contribution in [3.8, 4) is 0 Å². The third-order valence-corrected chi connectivity index (χ3v) is 5.76. The Kier molecular flexibility index (Phi) is 4.52. The summed E-state index contributed by atoms with van der Waals surface area (Å²) >= 11 is 7.37. The van der Waals surface area contributed by atoms with E-state index in [1.807, 2.05) is 22.4 Å². The van der Waals surface area contributed by atoms with Crippen LogP contribution in [0.4, 0.5) is 5.69 Å². The third-order valence-electron chi connectivity index (χ3n) is 4.67. The molecule has 1 fully saturated rings. The molecular weight excluding hydrogens is 374 g/mol. The lowest BCUT2D eigenvalue weighted by Crippen LogP contribution is -2.52. The number of hydrogen-bond acceptors (Lipinski definition) is 5. The van der Waals surface area contributed by atoms with Crippen molar-refractivity contribution in [2.45, 2.75) is 0 Å². The molecule has 8 heteroatoms. The van der Waals surface area contributed by atoms with Gasteiger partial charge in [0.25, 0.3) is 11.7 Å². The summed E-state index contributed by atoms with van der Waals surface area (Å²) in [6.07, 6.45) is 0. The van der Waals surface area contributed by atoms with Crippen LogP contribution in [0.2, 0.25) is 5.02 Å². The van der Waals surface area contributed by atoms with Crippen molar-refractivity contribution < 1.29 is 14.4 Å². The predicted octanol–water partition coefficient (Wildman–Crippen LogP) is 2.35. The zero-order valence-electron chi connectivity index (χ0n) is 13.9. The highest BCUT2D eigenvalue weighted by atomic mass is 35.5. The smallest absolute Gasteiger partial charge is 0.300 e. The van der Waals surface area contributed by atoms with Crippen LogP contribution in [-0.4, -0.2) is 60.2 Å². The van der Waals surface area contributed by atoms with Gasteiger partial charge in [0.1, 0.15) is 0 Å². The fraction of sp³-hybridized carbons (Fsp3) is 0.278. The van der Waals surface area contributed by atoms with Crippen LogP contribution in [-0.2, 0) is 4.79 Å². The molecule has 134 valence electrons. The highest BCUT2D eigenvalue weighted by molar-refractivity contribution is 7.12. The highest BCUT2D eigenvalue weighted by Crippen LogP contribution is 2.31. The molecule has 26 heavy (non-hydrogen) atoms. The number of benzene rings is 1. The van der Waals surface area contributed by atoms with Crippen LogP contribution >= 0.6 is 22.9 Å². The molecule has 1 aromatic carbocycles. The average Bonchev–Trinajstić information content (AvgIpc) is 3.26. The zero-order valence-corrected chi connectivity index (χ0v) is 15.4. The minimum atomic E-state index is -0.528. The summed E-state index contributed by atoms with van der Waals surface area (Å²) in [7, 11) is 0. The van der Waals surface area contributed by atoms with E-state index < -0.39 is 11.7 Å². The van der Waals surface area contributed by atoms with E-state index in [0.29, 0.717) is 49.1 Å². The Bertz CT molecular complexity index is 876. The van der Waals surface area contributed by atoms with Gasteiger partial charge in [-0.2, -0.15) is 0 Å². The van der Waals surface area contributed by atoms with Gasteiger partial charge in [-0.05, 0) is 29.6 Å². The summed E-state index contributed by atoms with van der Waals surface area (Å²) < 4.78 is 0. The first kappa shape index (κ1) is 17.2. The molecule has 0 unspecified atom stereocenters. The number of rotatable bonds is 3. The lowest BCUT2D eigenvalue weighted by molar-refractivity contribution is -0.114. The molecule has 2 amide bonds. The lowest BCUT2D eigenvalue weighted by atomic mass is 10.1. The van der Waals surface area contributed by atoms with Crippen molar-refractivity contribution in [1.29, 1.82) is 0 Å². The molecule has 2 aromatic rings. The van der Waals surface area contributed by atoms with Crippen LogP contribution < -0.4 is 4.90 Å². The lowest BCUT2D eigenvalue weighted by Gasteiger charge is -2.36. The van der Waals surface area contributed by atoms with E-state index in [-0.39, 0.29) is 5.91 Å². The van der Waals surface area contributed by atoms with Crippen LogP contribution in [0.3, 0.4) is 0 Å². The number of piperazine rings is 1. The van der Waals surface area contributed by atoms with Crippen molar-refractivity contribution in [3.05, 3.63) is 51.2 Å². The number of anilines is 1. The zero-order chi connectivity index (χ0) is 18.3. The third kappa shape index (κ3) is 3.02. The number of Topliss-reactive ketones (excluding diaryl/α,β-unsaturated/α-hetero) is 1. The fourth-order valence-electron chi connectivity index (χ4n) is 3.26. The summed E-state index contributed by atoms with van der Waals surface area (Å²) in [5.41, 5.74) is 0.954. The molecule has 0 atom stereocenters. The van der Waals surface area contributed by atoms with E-state index in [1.54, 1.807) is 12.1 Å². The number of thiophene rings is 1. The van der Waals surface area contributed by atoms with Gasteiger partial charge < -0.3 is 4.90 Å². The number of fused-ring (bicyclic) bond motifs is 1. The maximum Gasteiger partial charge on any atom is 0.300 e. The molecule has 3 heterocycles. The second kappa shape index (κ2) is 6.83. The number of carbonyl (C=O) groups is 3. The monoisotopic (exact) mass is 389 g/mol. The minimum Gasteiger partial charge on any atom is -0.335 e. The van der Waals surface area contributed by atoms with Crippen LogP contribution in [0.25, 0.3) is 0 Å². The molecule has 2 aliphatic rings. The number of nitrogens with zero attached hydrogens (tertiary/aromatic N) is 3. The van der Waals surface area contributed by atoms with Crippen molar-refractivity contribution in [1.82, 2.24) is 9.80 Å². The number of hydrogen-bond donors (Lipinski definition) is 0. The quantitative estimate of drug-likeness (QED) is 0.756. The first-order chi connectivity index (χ1) is 12.5. The summed E-state index contributed by atoms with van der Waals surface area (Å²) in [6.45, 7) is 2.83. The Morgan fingerprint density at radius 3 is 2.58 bits per heavy atom. The van der Waals surface area contributed by atoms with Gasteiger partial charge in [-0.25, -0.2) is 0 Å². The molecule has 0 bridgehead atoms. The van der Waals surface area contributed by atoms with Gasteiger partial charge in [0, 0.05) is 31.2 Å². The second-order valence-corrected chi connectivity index (χ2v) is 7.64. The Labute approximate surface area is 159 Å². The highest BCUT2D eigenvalue weighted by Gasteiger charge is 2.37. The minimum absolute atomic E-state index is 0.0482. The Morgan fingerprint density at radius 2 is 1.88 bits per heavy atom. The molecule has 0 spiro atoms. The van der Waals surface area contributed by atoms with Crippen molar-refractivity contribution in [3.63, 3.8) is 0 Å². The summed E-state index contributed by atoms with van der Waals surface area (Å²) in [5.74, 6) is -1.000. The van der Waals surface area contributed by atoms with Crippen LogP contribution in [0.15, 0.2) is 35.7 Å². The Morgan fingerprint density at radius 1 is 1.12 bits per heavy atom. The van der Waals surface area contributed by atoms with Gasteiger partial charge in [-0.1, -0.05) is 17.7 Å². The van der Waals surface area contributed by atoms with E-state index in [1.165, 1.54) is 22.3 Å². The standard InChI is InChI=1S/C18H16ClN3O3S/c19-12-3-4-14-13(10-12)16(23)18(25)22(14)11-20-5-7-21(8-6-20)17(24)15-2-1-9-26-15/h1-4,9-10H,5-8,11H2. The van der Waals surface area contributed by atoms with E-state index >= 15 is 0 Å². The predicted molar refractivity (Wildman–Crippen MR) is 99.9 cm³/mol. The first-order valence-corrected chi connectivity index (χ1v) is 9.51. The summed E-state index contributed by atoms with van der Waals surface area (Å²) in [4.78, 5) is 43.0. The van der Waals surface area contributed by atoms with Crippen LogP contribution in [0, 0.1) is 0 Å². The van der Waals surface area contributed by atoms with Gasteiger partial charge in [0.05, 0.1) is 22.8 Å². The van der Waals surface area contributed by atoms with E-state index in [9.17, 15) is 14.4 Å². The first-order valence-electron chi connectivity index (χ1n) is 8.25. The molecule has 1 aromatic heterocycles. The van der Waals surface area contributed by atoms with Crippen LogP contribution in [0.1, 0.15) is 20.0 Å². The van der Waals surface area contributed by atoms with Gasteiger partial charge in [0.15, 0.2) is 0 Å². The van der Waals surface area contributed by atoms with Gasteiger partial charge >= 0.3 is 5.91 Å². The van der Waals surface area contributed by atoms with Gasteiger partial charge in [-0.15, -0.1) is 11.3 Å². The molecule has 0 aliphatic carbocycles. The topological polar surface area (TPSA) is 60.9 Å². The Hall–Kier alpha value is -2.22. The van der Waals surface area contributed by atoms with Crippen LogP contribution in [0.5, 0.6) is 0 Å². The van der Waals surface area contributed by atoms with Crippen molar-refractivity contribution in [2.75, 3.05) is 37.7 Å². The van der Waals surface area contributed by atoms with Gasteiger partial charge in [-0.3, -0.25) is 24.2 Å². The maximum absolute atomic E-state index is 12.4. The number of carbonyl (C=O) groups excluding carboxylic acids is 3. The number of halogens is 1. The Balaban J connectivity index is 1.41. The molecule has 0 N–H and O–H groups in total. The molecule has 2 aliphatic heterocycles. The summed E-state index contributed by atoms with van der Waals surface area (Å²) in [6, 6.07) is 8.62. The molecule has 6 nitrogen and oxygen atoms in total. The number of ketones is 1. The maximum atomic E-state index is 12.4. The van der Waals surface area contributed by atoms with E-state index in [4.69, 9.17) is 11.6 Å². The van der Waals surface area contributed by atoms with E-state index in [2.05, 4.69) is 4.90 Å². The largest absolute Gasteiger partial charge is 0.335 e. The summed E-state index contributed by atoms with van der Waals surface area (Å²) in [5, 5.41) is 2.33. The fourth-order valence-corrected chi connectivity index (χ4v) is 4.12. The molecule has 0 radical (unpaired) electrons. The molecule has 1 saturated heterocycles. The molecular formula is C18H16ClN3O3S. The van der Waals surface area contributed by atoms with E-state index in [0.717, 1.165) is 4.88 Å². The number of amides is 2. The normalized spacial score (nSPS) is 17.7. The van der Waals surface area contributed by atoms with Crippen molar-refractivity contribution in [2.24, 2.45) is 0 Å². The second-order valence-electron chi connectivity index (χ2n) is 6.25. The van der Waals surface area contributed by atoms with Gasteiger partial charge in [0.2, 0.25) is 0 Å². The molecule has 0 saturated carbocycles. The molecule has 4 rings (SSSR count). The van der Waals surface area contributed by atoms with Crippen molar-refractivity contribution >= 4 is 46.2 Å².